The molecule has 16 N–H and O–H groups in total. The lowest BCUT2D eigenvalue weighted by Crippen LogP contribution is -2.68. The summed E-state index contributed by atoms with van der Waals surface area (Å²) in [7, 11) is 0. The summed E-state index contributed by atoms with van der Waals surface area (Å²) in [5, 5.41) is 76.3. The van der Waals surface area contributed by atoms with Crippen LogP contribution in [0, 0.1) is 5.92 Å². The molecular weight excluding hydrogens is 564 g/mol. The molecule has 3 rings (SSSR count). The SMILES string of the molecule is CCNC[C@H]1O[C@H](OC2[C@@H](N)C[C@@H](CC(=O)N(O)CCN)[C@H](O[C@H]3O[C@H](CO)[C@@H](O)[C@H](N)[C@H]3O)[C@H]2O)[C@H](N)[C@@H](O)[C@@H]1O. The molecule has 15 atom stereocenters. The molecule has 18 heteroatoms. The number of nitrogens with zero attached hydrogens (tertiary/aromatic N) is 1. The number of hydrogen-bond donors (Lipinski definition) is 12. The molecule has 2 heterocycles. The number of aliphatic hydroxyl groups is 6. The van der Waals surface area contributed by atoms with Gasteiger partial charge in [0.1, 0.15) is 48.8 Å². The number of hydrogen-bond acceptors (Lipinski definition) is 17. The van der Waals surface area contributed by atoms with Crippen molar-refractivity contribution in [3.05, 3.63) is 0 Å². The summed E-state index contributed by atoms with van der Waals surface area (Å²) in [6.07, 6.45) is -15.2. The van der Waals surface area contributed by atoms with E-state index in [0.717, 1.165) is 0 Å². The molecule has 246 valence electrons. The van der Waals surface area contributed by atoms with Gasteiger partial charge >= 0.3 is 0 Å². The molecule has 18 nitrogen and oxygen atoms in total. The van der Waals surface area contributed by atoms with E-state index < -0.39 is 104 Å². The van der Waals surface area contributed by atoms with Crippen LogP contribution in [0.15, 0.2) is 0 Å². The van der Waals surface area contributed by atoms with Gasteiger partial charge in [0, 0.05) is 25.6 Å². The molecule has 1 amide bonds. The van der Waals surface area contributed by atoms with Crippen LogP contribution in [0.5, 0.6) is 0 Å². The van der Waals surface area contributed by atoms with E-state index in [1.807, 2.05) is 6.92 Å². The third-order valence-electron chi connectivity index (χ3n) is 8.06. The van der Waals surface area contributed by atoms with E-state index in [0.29, 0.717) is 11.6 Å². The minimum absolute atomic E-state index is 0.00345. The van der Waals surface area contributed by atoms with Crippen LogP contribution in [0.4, 0.5) is 0 Å². The fourth-order valence-corrected chi connectivity index (χ4v) is 5.55. The van der Waals surface area contributed by atoms with Gasteiger partial charge in [-0.2, -0.15) is 0 Å². The Morgan fingerprint density at radius 1 is 0.905 bits per heavy atom. The first-order valence-corrected chi connectivity index (χ1v) is 14.2. The molecule has 2 aliphatic heterocycles. The van der Waals surface area contributed by atoms with E-state index >= 15 is 0 Å². The number of nitrogens with two attached hydrogens (primary N) is 4. The van der Waals surface area contributed by atoms with Crippen molar-refractivity contribution in [2.24, 2.45) is 28.9 Å². The fourth-order valence-electron chi connectivity index (χ4n) is 5.55. The van der Waals surface area contributed by atoms with Crippen LogP contribution in [-0.4, -0.2) is 165 Å². The predicted molar refractivity (Wildman–Crippen MR) is 142 cm³/mol. The van der Waals surface area contributed by atoms with Crippen LogP contribution in [-0.2, 0) is 23.7 Å². The molecule has 0 aromatic heterocycles. The lowest BCUT2D eigenvalue weighted by molar-refractivity contribution is -0.323. The molecule has 2 saturated heterocycles. The van der Waals surface area contributed by atoms with Crippen molar-refractivity contribution in [1.82, 2.24) is 10.4 Å². The molecule has 0 spiro atoms. The van der Waals surface area contributed by atoms with Gasteiger partial charge in [-0.15, -0.1) is 0 Å². The summed E-state index contributed by atoms with van der Waals surface area (Å²) in [5.41, 5.74) is 23.8. The molecule has 0 radical (unpaired) electrons. The third-order valence-corrected chi connectivity index (χ3v) is 8.06. The van der Waals surface area contributed by atoms with E-state index in [2.05, 4.69) is 5.32 Å². The second kappa shape index (κ2) is 15.7. The standard InChI is InChI=1S/C24H48N6O12/c1-2-29-7-11-17(34)18(35)15(28)23(39-11)42-22-10(26)5-9(6-13(32)30(38)4-3-25)21(20(22)37)41-24-19(36)14(27)16(33)12(8-31)40-24/h9-12,14-24,29,31,33-38H,2-8,25-28H2,1H3/t9-,10-,11+,12+,14-,15+,16+,17+,18+,19+,20+,21-,22?,23+,24+/m0/s1. The predicted octanol–water partition coefficient (Wildman–Crippen LogP) is -6.82. The lowest BCUT2D eigenvalue weighted by Gasteiger charge is -2.49. The fraction of sp³-hybridized carbons (Fsp3) is 0.958. The highest BCUT2D eigenvalue weighted by molar-refractivity contribution is 5.75. The summed E-state index contributed by atoms with van der Waals surface area (Å²) in [6, 6.07) is -3.43. The first kappa shape index (κ1) is 35.3. The zero-order valence-corrected chi connectivity index (χ0v) is 23.5. The molecule has 1 unspecified atom stereocenters. The van der Waals surface area contributed by atoms with Gasteiger partial charge in [-0.05, 0) is 18.9 Å². The minimum Gasteiger partial charge on any atom is -0.394 e. The zero-order chi connectivity index (χ0) is 31.3. The van der Waals surface area contributed by atoms with E-state index in [-0.39, 0.29) is 32.5 Å². The number of likely N-dealkylation sites (N-methyl/N-ethyl adjacent to an activating group) is 1. The van der Waals surface area contributed by atoms with Crippen LogP contribution in [0.2, 0.25) is 0 Å². The molecule has 3 fully saturated rings. The topological polar surface area (TPSA) is 315 Å². The van der Waals surface area contributed by atoms with Gasteiger partial charge in [-0.3, -0.25) is 10.0 Å². The molecule has 0 aromatic carbocycles. The zero-order valence-electron chi connectivity index (χ0n) is 23.5. The van der Waals surface area contributed by atoms with E-state index in [1.54, 1.807) is 0 Å². The first-order valence-electron chi connectivity index (χ1n) is 14.2. The van der Waals surface area contributed by atoms with Gasteiger partial charge in [0.2, 0.25) is 5.91 Å². The Hall–Kier alpha value is -1.17. The van der Waals surface area contributed by atoms with Gasteiger partial charge in [-0.25, -0.2) is 5.06 Å². The Morgan fingerprint density at radius 3 is 2.17 bits per heavy atom. The van der Waals surface area contributed by atoms with Crippen molar-refractivity contribution in [2.75, 3.05) is 32.8 Å². The molecule has 0 bridgehead atoms. The molecule has 0 aromatic rings. The second-order valence-corrected chi connectivity index (χ2v) is 11.1. The van der Waals surface area contributed by atoms with Crippen molar-refractivity contribution >= 4 is 5.91 Å². The van der Waals surface area contributed by atoms with Gasteiger partial charge in [-0.1, -0.05) is 6.92 Å². The molecule has 3 aliphatic rings. The van der Waals surface area contributed by atoms with Crippen LogP contribution in [0.1, 0.15) is 19.8 Å². The number of nitrogens with one attached hydrogen (secondary N) is 1. The van der Waals surface area contributed by atoms with Crippen LogP contribution in [0.25, 0.3) is 0 Å². The molecular formula is C24H48N6O12. The molecule has 42 heavy (non-hydrogen) atoms. The average Bonchev–Trinajstić information content (AvgIpc) is 2.96. The summed E-state index contributed by atoms with van der Waals surface area (Å²) in [5.74, 6) is -1.58. The number of aliphatic hydroxyl groups excluding tert-OH is 6. The highest BCUT2D eigenvalue weighted by Crippen LogP contribution is 2.36. The lowest BCUT2D eigenvalue weighted by atomic mass is 9.77. The van der Waals surface area contributed by atoms with E-state index in [9.17, 15) is 40.6 Å². The molecule has 1 aliphatic carbocycles. The number of carbonyl (C=O) groups is 1. The smallest absolute Gasteiger partial charge is 0.246 e. The van der Waals surface area contributed by atoms with Crippen molar-refractivity contribution < 1.29 is 59.6 Å². The maximum atomic E-state index is 12.7. The third kappa shape index (κ3) is 7.91. The largest absolute Gasteiger partial charge is 0.394 e. The van der Waals surface area contributed by atoms with Crippen molar-refractivity contribution in [3.8, 4) is 0 Å². The van der Waals surface area contributed by atoms with Crippen molar-refractivity contribution in [2.45, 2.75) is 105 Å². The Labute approximate surface area is 243 Å². The van der Waals surface area contributed by atoms with Crippen LogP contribution >= 0.6 is 0 Å². The van der Waals surface area contributed by atoms with E-state index in [1.165, 1.54) is 0 Å². The van der Waals surface area contributed by atoms with E-state index in [4.69, 9.17) is 41.9 Å². The maximum absolute atomic E-state index is 12.7. The summed E-state index contributed by atoms with van der Waals surface area (Å²) < 4.78 is 23.3. The maximum Gasteiger partial charge on any atom is 0.246 e. The normalized spacial score (nSPS) is 44.6. The van der Waals surface area contributed by atoms with Crippen molar-refractivity contribution in [1.29, 1.82) is 0 Å². The van der Waals surface area contributed by atoms with Crippen LogP contribution in [0.3, 0.4) is 0 Å². The van der Waals surface area contributed by atoms with Gasteiger partial charge < -0.3 is 77.8 Å². The Balaban J connectivity index is 1.84. The summed E-state index contributed by atoms with van der Waals surface area (Å²) in [6.45, 7) is 1.78. The number of rotatable bonds is 12. The number of hydroxylamine groups is 2. The van der Waals surface area contributed by atoms with Crippen molar-refractivity contribution in [3.63, 3.8) is 0 Å². The highest BCUT2D eigenvalue weighted by atomic mass is 16.7. The number of ether oxygens (including phenoxy) is 4. The average molecular weight is 613 g/mol. The quantitative estimate of drug-likeness (QED) is 0.0719. The van der Waals surface area contributed by atoms with Gasteiger partial charge in [0.05, 0.1) is 31.3 Å². The molecule has 1 saturated carbocycles. The Morgan fingerprint density at radius 2 is 1.55 bits per heavy atom. The first-order chi connectivity index (χ1) is 19.9. The summed E-state index contributed by atoms with van der Waals surface area (Å²) >= 11 is 0. The highest BCUT2D eigenvalue weighted by Gasteiger charge is 2.52. The Kier molecular flexibility index (Phi) is 13.2. The second-order valence-electron chi connectivity index (χ2n) is 11.1. The number of amides is 1. The minimum atomic E-state index is -1.60. The monoisotopic (exact) mass is 612 g/mol. The summed E-state index contributed by atoms with van der Waals surface area (Å²) in [4.78, 5) is 12.7. The van der Waals surface area contributed by atoms with Crippen LogP contribution < -0.4 is 28.3 Å². The van der Waals surface area contributed by atoms with Gasteiger partial charge in [0.25, 0.3) is 0 Å². The van der Waals surface area contributed by atoms with Gasteiger partial charge in [0.15, 0.2) is 12.6 Å². The Bertz CT molecular complexity index is 850. The number of carbonyl (C=O) groups excluding carboxylic acids is 1.